The van der Waals surface area contributed by atoms with Crippen molar-refractivity contribution in [2.24, 2.45) is 0 Å². The summed E-state index contributed by atoms with van der Waals surface area (Å²) < 4.78 is 2.42. The maximum absolute atomic E-state index is 10.5. The maximum atomic E-state index is 10.5. The largest absolute Gasteiger partial charge is 0.507 e. The van der Waals surface area contributed by atoms with Gasteiger partial charge in [0.2, 0.25) is 0 Å². The van der Waals surface area contributed by atoms with Gasteiger partial charge in [-0.1, -0.05) is 109 Å². The van der Waals surface area contributed by atoms with Crippen molar-refractivity contribution in [1.29, 1.82) is 0 Å². The highest BCUT2D eigenvalue weighted by Crippen LogP contribution is 2.78. The Morgan fingerprint density at radius 2 is 1.33 bits per heavy atom. The van der Waals surface area contributed by atoms with Gasteiger partial charge in [-0.15, -0.1) is 0 Å². The fraction of sp³-hybridized carbons (Fsp3) is 0.0952. The number of benzene rings is 6. The van der Waals surface area contributed by atoms with Gasteiger partial charge in [0.15, 0.2) is 0 Å². The van der Waals surface area contributed by atoms with Gasteiger partial charge in [-0.05, 0) is 81.8 Å². The number of allylic oxidation sites excluding steroid dienone is 2. The van der Waals surface area contributed by atoms with Crippen LogP contribution in [0.1, 0.15) is 40.8 Å². The number of aromatic nitrogens is 1. The molecule has 1 saturated carbocycles. The van der Waals surface area contributed by atoms with Crippen LogP contribution in [0.4, 0.5) is 0 Å². The quantitative estimate of drug-likeness (QED) is 0.193. The molecule has 0 spiro atoms. The van der Waals surface area contributed by atoms with Gasteiger partial charge in [0.25, 0.3) is 0 Å². The first kappa shape index (κ1) is 25.0. The molecule has 3 heteroatoms. The van der Waals surface area contributed by atoms with E-state index in [-0.39, 0.29) is 5.41 Å². The molecule has 1 aromatic heterocycles. The van der Waals surface area contributed by atoms with Crippen LogP contribution in [0.2, 0.25) is 0 Å². The van der Waals surface area contributed by atoms with E-state index >= 15 is 0 Å². The van der Waals surface area contributed by atoms with Crippen molar-refractivity contribution in [2.45, 2.75) is 23.9 Å². The van der Waals surface area contributed by atoms with Crippen LogP contribution in [0.15, 0.2) is 151 Å². The standard InChI is InChI=1S/C42H30N2O/c45-38-16-7-5-14-34(38)39-35-25-42(35,39)30-19-22-33-32-13-4-6-15-36(32)44(37(33)24-30)31-20-17-27(18-21-31)40-41(43-40)29-12-8-11-28(23-29)26-9-2-1-3-10-26/h1-24,40-41,43,45H,25H2/t40-,41?,42+/m0/s1. The van der Waals surface area contributed by atoms with Crippen molar-refractivity contribution >= 4 is 27.4 Å². The number of nitrogens with zero attached hydrogens (tertiary/aromatic N) is 1. The highest BCUT2D eigenvalue weighted by Gasteiger charge is 2.68. The SMILES string of the molecule is Oc1ccccc1C1=C2C[C@@]21c1ccc2c3ccccc3n(-c3ccc([C@@H]4NC4c4cccc(-c5ccccc5)c4)cc3)c2c1. The van der Waals surface area contributed by atoms with Crippen molar-refractivity contribution in [3.05, 3.63) is 173 Å². The average molecular weight is 579 g/mol. The molecule has 214 valence electrons. The van der Waals surface area contributed by atoms with Gasteiger partial charge < -0.3 is 9.67 Å². The second kappa shape index (κ2) is 9.07. The van der Waals surface area contributed by atoms with Gasteiger partial charge in [-0.2, -0.15) is 0 Å². The first-order chi connectivity index (χ1) is 22.2. The molecule has 10 rings (SSSR count). The van der Waals surface area contributed by atoms with E-state index < -0.39 is 0 Å². The van der Waals surface area contributed by atoms with Crippen LogP contribution in [0.25, 0.3) is 44.2 Å². The van der Waals surface area contributed by atoms with Gasteiger partial charge >= 0.3 is 0 Å². The molecule has 3 atom stereocenters. The Morgan fingerprint density at radius 1 is 0.600 bits per heavy atom. The van der Waals surface area contributed by atoms with Gasteiger partial charge in [0, 0.05) is 27.4 Å². The summed E-state index contributed by atoms with van der Waals surface area (Å²) in [7, 11) is 0. The zero-order valence-electron chi connectivity index (χ0n) is 24.6. The number of hydrogen-bond acceptors (Lipinski definition) is 2. The Kier molecular flexibility index (Phi) is 5.04. The Balaban J connectivity index is 0.988. The summed E-state index contributed by atoms with van der Waals surface area (Å²) in [5, 5.41) is 16.8. The van der Waals surface area contributed by atoms with E-state index in [1.54, 1.807) is 6.07 Å². The normalized spacial score (nSPS) is 21.2. The molecule has 6 aromatic carbocycles. The van der Waals surface area contributed by atoms with E-state index in [0.717, 1.165) is 12.0 Å². The zero-order chi connectivity index (χ0) is 29.7. The predicted octanol–water partition coefficient (Wildman–Crippen LogP) is 9.65. The van der Waals surface area contributed by atoms with E-state index in [1.165, 1.54) is 66.5 Å². The molecular formula is C42H30N2O. The lowest BCUT2D eigenvalue weighted by molar-refractivity contribution is 0.473. The third-order valence-electron chi connectivity index (χ3n) is 10.3. The van der Waals surface area contributed by atoms with Crippen molar-refractivity contribution in [3.8, 4) is 22.6 Å². The van der Waals surface area contributed by atoms with Crippen molar-refractivity contribution in [2.75, 3.05) is 0 Å². The van der Waals surface area contributed by atoms with Crippen LogP contribution in [0, 0.1) is 0 Å². The molecular weight excluding hydrogens is 548 g/mol. The van der Waals surface area contributed by atoms with Gasteiger partial charge in [0.05, 0.1) is 23.1 Å². The molecule has 3 nitrogen and oxygen atoms in total. The summed E-state index contributed by atoms with van der Waals surface area (Å²) in [6.45, 7) is 0. The monoisotopic (exact) mass is 578 g/mol. The highest BCUT2D eigenvalue weighted by molar-refractivity contribution is 6.11. The van der Waals surface area contributed by atoms with Crippen molar-refractivity contribution in [3.63, 3.8) is 0 Å². The fourth-order valence-electron chi connectivity index (χ4n) is 7.77. The number of fused-ring (bicyclic) bond motifs is 4. The fourth-order valence-corrected chi connectivity index (χ4v) is 7.77. The predicted molar refractivity (Wildman–Crippen MR) is 183 cm³/mol. The number of nitrogens with one attached hydrogen (secondary N) is 1. The minimum absolute atomic E-state index is 0.00261. The smallest absolute Gasteiger partial charge is 0.123 e. The molecule has 1 saturated heterocycles. The molecule has 0 amide bonds. The number of phenolic OH excluding ortho intramolecular Hbond substituents is 1. The third kappa shape index (κ3) is 3.68. The van der Waals surface area contributed by atoms with Crippen LogP contribution in [-0.4, -0.2) is 9.67 Å². The average Bonchev–Trinajstić information content (AvgIpc) is 4.04. The number of phenols is 1. The molecule has 3 aliphatic rings. The maximum Gasteiger partial charge on any atom is 0.123 e. The highest BCUT2D eigenvalue weighted by atomic mass is 16.3. The molecule has 2 fully saturated rings. The van der Waals surface area contributed by atoms with Gasteiger partial charge in [0.1, 0.15) is 5.75 Å². The van der Waals surface area contributed by atoms with Crippen molar-refractivity contribution < 1.29 is 5.11 Å². The third-order valence-corrected chi connectivity index (χ3v) is 10.3. The first-order valence-electron chi connectivity index (χ1n) is 15.8. The topological polar surface area (TPSA) is 47.1 Å². The summed E-state index contributed by atoms with van der Waals surface area (Å²) >= 11 is 0. The molecule has 1 unspecified atom stereocenters. The summed E-state index contributed by atoms with van der Waals surface area (Å²) in [6, 6.07) is 52.7. The molecule has 0 radical (unpaired) electrons. The van der Waals surface area contributed by atoms with E-state index in [9.17, 15) is 5.11 Å². The minimum atomic E-state index is 0.00261. The second-order valence-electron chi connectivity index (χ2n) is 12.7. The summed E-state index contributed by atoms with van der Waals surface area (Å²) in [6.07, 6.45) is 1.08. The Labute approximate surface area is 261 Å². The molecule has 1 aliphatic heterocycles. The minimum Gasteiger partial charge on any atom is -0.507 e. The lowest BCUT2D eigenvalue weighted by atomic mass is 9.92. The lowest BCUT2D eigenvalue weighted by Gasteiger charge is -2.13. The Hall–Kier alpha value is -5.38. The zero-order valence-corrected chi connectivity index (χ0v) is 24.6. The van der Waals surface area contributed by atoms with E-state index in [0.29, 0.717) is 17.8 Å². The summed E-state index contributed by atoms with van der Waals surface area (Å²) in [5.74, 6) is 0.373. The second-order valence-corrected chi connectivity index (χ2v) is 12.7. The summed E-state index contributed by atoms with van der Waals surface area (Å²) in [4.78, 5) is 0. The van der Waals surface area contributed by atoms with Gasteiger partial charge in [-0.3, -0.25) is 5.32 Å². The van der Waals surface area contributed by atoms with Crippen LogP contribution < -0.4 is 5.32 Å². The number of rotatable bonds is 6. The van der Waals surface area contributed by atoms with E-state index in [4.69, 9.17) is 0 Å². The number of hydrogen-bond donors (Lipinski definition) is 2. The molecule has 7 aromatic rings. The van der Waals surface area contributed by atoms with E-state index in [1.807, 2.05) is 18.2 Å². The lowest BCUT2D eigenvalue weighted by Crippen LogP contribution is -2.01. The number of para-hydroxylation sites is 2. The van der Waals surface area contributed by atoms with Crippen LogP contribution in [-0.2, 0) is 5.41 Å². The molecule has 2 aliphatic carbocycles. The van der Waals surface area contributed by atoms with E-state index in [2.05, 4.69) is 131 Å². The molecule has 45 heavy (non-hydrogen) atoms. The van der Waals surface area contributed by atoms with Crippen LogP contribution >= 0.6 is 0 Å². The van der Waals surface area contributed by atoms with Crippen molar-refractivity contribution in [1.82, 2.24) is 9.88 Å². The first-order valence-corrected chi connectivity index (χ1v) is 15.8. The molecule has 2 N–H and O–H groups in total. The molecule has 0 bridgehead atoms. The number of aromatic hydroxyl groups is 1. The van der Waals surface area contributed by atoms with Crippen LogP contribution in [0.3, 0.4) is 0 Å². The molecule has 2 heterocycles. The Bertz CT molecular complexity index is 2350. The summed E-state index contributed by atoms with van der Waals surface area (Å²) in [5.41, 5.74) is 13.9. The Morgan fingerprint density at radius 3 is 2.18 bits per heavy atom. The van der Waals surface area contributed by atoms with Crippen LogP contribution in [0.5, 0.6) is 5.75 Å². The van der Waals surface area contributed by atoms with Gasteiger partial charge in [-0.25, -0.2) is 0 Å².